The Morgan fingerprint density at radius 3 is 2.55 bits per heavy atom. The van der Waals surface area contributed by atoms with E-state index < -0.39 is 0 Å². The van der Waals surface area contributed by atoms with Crippen molar-refractivity contribution in [2.75, 3.05) is 0 Å². The van der Waals surface area contributed by atoms with E-state index in [0.29, 0.717) is 10.7 Å². The van der Waals surface area contributed by atoms with E-state index in [4.69, 9.17) is 23.2 Å². The first kappa shape index (κ1) is 15.2. The van der Waals surface area contributed by atoms with Crippen LogP contribution >= 0.6 is 39.1 Å². The molecule has 0 N–H and O–H groups in total. The summed E-state index contributed by atoms with van der Waals surface area (Å²) in [6.45, 7) is 0. The standard InChI is InChI=1S/C17H21BrCl2/c18-17(15-10-14(19)7-8-16(15)20)13-6-5-11-3-1-2-4-12(11)9-13/h7-8,10-13,17H,1-6,9H2. The van der Waals surface area contributed by atoms with Crippen molar-refractivity contribution >= 4 is 39.1 Å². The van der Waals surface area contributed by atoms with Crippen LogP contribution in [0.15, 0.2) is 18.2 Å². The molecule has 1 aromatic rings. The van der Waals surface area contributed by atoms with Crippen molar-refractivity contribution in [1.29, 1.82) is 0 Å². The van der Waals surface area contributed by atoms with Gasteiger partial charge in [-0.15, -0.1) is 0 Å². The predicted octanol–water partition coefficient (Wildman–Crippen LogP) is 7.04. The fraction of sp³-hybridized carbons (Fsp3) is 0.647. The molecule has 0 radical (unpaired) electrons. The number of halogens is 3. The van der Waals surface area contributed by atoms with Crippen LogP contribution in [-0.4, -0.2) is 0 Å². The maximum absolute atomic E-state index is 6.36. The fourth-order valence-electron chi connectivity index (χ4n) is 4.16. The van der Waals surface area contributed by atoms with Crippen molar-refractivity contribution in [1.82, 2.24) is 0 Å². The van der Waals surface area contributed by atoms with Crippen LogP contribution in [0.5, 0.6) is 0 Å². The molecule has 2 aliphatic rings. The van der Waals surface area contributed by atoms with Gasteiger partial charge >= 0.3 is 0 Å². The molecule has 0 saturated heterocycles. The van der Waals surface area contributed by atoms with Crippen LogP contribution in [-0.2, 0) is 0 Å². The lowest BCUT2D eigenvalue weighted by Crippen LogP contribution is -2.29. The Morgan fingerprint density at radius 2 is 1.75 bits per heavy atom. The van der Waals surface area contributed by atoms with Crippen LogP contribution < -0.4 is 0 Å². The van der Waals surface area contributed by atoms with Gasteiger partial charge in [-0.3, -0.25) is 0 Å². The van der Waals surface area contributed by atoms with Crippen molar-refractivity contribution in [3.63, 3.8) is 0 Å². The van der Waals surface area contributed by atoms with Crippen molar-refractivity contribution in [2.45, 2.75) is 49.8 Å². The molecule has 0 heterocycles. The lowest BCUT2D eigenvalue weighted by Gasteiger charge is -2.41. The topological polar surface area (TPSA) is 0 Å². The highest BCUT2D eigenvalue weighted by molar-refractivity contribution is 9.09. The summed E-state index contributed by atoms with van der Waals surface area (Å²) in [6.07, 6.45) is 9.84. The van der Waals surface area contributed by atoms with Gasteiger partial charge in [0.1, 0.15) is 0 Å². The minimum atomic E-state index is 0.344. The second-order valence-corrected chi connectivity index (χ2v) is 8.28. The molecule has 0 nitrogen and oxygen atoms in total. The van der Waals surface area contributed by atoms with Crippen molar-refractivity contribution in [3.8, 4) is 0 Å². The van der Waals surface area contributed by atoms with Gasteiger partial charge in [-0.2, -0.15) is 0 Å². The quantitative estimate of drug-likeness (QED) is 0.486. The van der Waals surface area contributed by atoms with Crippen molar-refractivity contribution in [3.05, 3.63) is 33.8 Å². The Hall–Kier alpha value is 0.280. The average molecular weight is 376 g/mol. The molecular formula is C17H21BrCl2. The number of fused-ring (bicyclic) bond motifs is 1. The molecule has 2 fully saturated rings. The van der Waals surface area contributed by atoms with Gasteiger partial charge in [0.25, 0.3) is 0 Å². The molecule has 0 spiro atoms. The highest BCUT2D eigenvalue weighted by Gasteiger charge is 2.35. The first-order chi connectivity index (χ1) is 9.65. The van der Waals surface area contributed by atoms with E-state index in [2.05, 4.69) is 15.9 Å². The Kier molecular flexibility index (Phi) is 5.00. The number of rotatable bonds is 2. The molecular weight excluding hydrogens is 355 g/mol. The Morgan fingerprint density at radius 1 is 1.00 bits per heavy atom. The fourth-order valence-corrected chi connectivity index (χ4v) is 5.56. The lowest BCUT2D eigenvalue weighted by atomic mass is 9.66. The highest BCUT2D eigenvalue weighted by Crippen LogP contribution is 2.49. The molecule has 2 saturated carbocycles. The molecule has 0 bridgehead atoms. The summed E-state index contributed by atoms with van der Waals surface area (Å²) in [7, 11) is 0. The summed E-state index contributed by atoms with van der Waals surface area (Å²) in [4.78, 5) is 0.344. The zero-order valence-electron chi connectivity index (χ0n) is 11.6. The van der Waals surface area contributed by atoms with Gasteiger partial charge in [0.2, 0.25) is 0 Å². The van der Waals surface area contributed by atoms with E-state index in [0.717, 1.165) is 21.9 Å². The average Bonchev–Trinajstić information content (AvgIpc) is 2.48. The summed E-state index contributed by atoms with van der Waals surface area (Å²) in [5, 5.41) is 1.61. The van der Waals surface area contributed by atoms with Gasteiger partial charge in [0.05, 0.1) is 0 Å². The van der Waals surface area contributed by atoms with Crippen molar-refractivity contribution < 1.29 is 0 Å². The Labute approximate surface area is 140 Å². The van der Waals surface area contributed by atoms with Gasteiger partial charge < -0.3 is 0 Å². The summed E-state index contributed by atoms with van der Waals surface area (Å²) in [5.74, 6) is 2.64. The molecule has 4 unspecified atom stereocenters. The number of hydrogen-bond donors (Lipinski definition) is 0. The molecule has 110 valence electrons. The van der Waals surface area contributed by atoms with Crippen LogP contribution in [0, 0.1) is 17.8 Å². The third-order valence-electron chi connectivity index (χ3n) is 5.25. The molecule has 0 aromatic heterocycles. The maximum atomic E-state index is 6.36. The molecule has 4 atom stereocenters. The minimum absolute atomic E-state index is 0.344. The Balaban J connectivity index is 1.74. The third-order valence-corrected chi connectivity index (χ3v) is 7.07. The predicted molar refractivity (Wildman–Crippen MR) is 90.9 cm³/mol. The Bertz CT molecular complexity index is 474. The van der Waals surface area contributed by atoms with Gasteiger partial charge in [-0.05, 0) is 60.8 Å². The van der Waals surface area contributed by atoms with Crippen LogP contribution in [0.3, 0.4) is 0 Å². The maximum Gasteiger partial charge on any atom is 0.0450 e. The van der Waals surface area contributed by atoms with Gasteiger partial charge in [-0.25, -0.2) is 0 Å². The summed E-state index contributed by atoms with van der Waals surface area (Å²) in [6, 6.07) is 5.81. The zero-order chi connectivity index (χ0) is 14.1. The van der Waals surface area contributed by atoms with Crippen LogP contribution in [0.1, 0.15) is 55.3 Å². The summed E-state index contributed by atoms with van der Waals surface area (Å²) in [5.41, 5.74) is 1.17. The molecule has 0 aliphatic heterocycles. The first-order valence-corrected chi connectivity index (χ1v) is 9.41. The second-order valence-electron chi connectivity index (χ2n) is 6.45. The molecule has 1 aromatic carbocycles. The minimum Gasteiger partial charge on any atom is -0.0843 e. The third kappa shape index (κ3) is 3.20. The van der Waals surface area contributed by atoms with Crippen LogP contribution in [0.4, 0.5) is 0 Å². The molecule has 2 aliphatic carbocycles. The molecule has 3 heteroatoms. The van der Waals surface area contributed by atoms with E-state index in [1.54, 1.807) is 0 Å². The van der Waals surface area contributed by atoms with Gasteiger partial charge in [-0.1, -0.05) is 64.8 Å². The SMILES string of the molecule is Clc1ccc(Cl)c(C(Br)C2CCC3CCCCC3C2)c1. The largest absolute Gasteiger partial charge is 0.0843 e. The smallest absolute Gasteiger partial charge is 0.0450 e. The summed E-state index contributed by atoms with van der Waals surface area (Å²) >= 11 is 16.4. The van der Waals surface area contributed by atoms with Crippen molar-refractivity contribution in [2.24, 2.45) is 17.8 Å². The zero-order valence-corrected chi connectivity index (χ0v) is 14.7. The molecule has 20 heavy (non-hydrogen) atoms. The van der Waals surface area contributed by atoms with E-state index in [1.165, 1.54) is 50.5 Å². The van der Waals surface area contributed by atoms with E-state index in [9.17, 15) is 0 Å². The first-order valence-electron chi connectivity index (χ1n) is 7.74. The number of alkyl halides is 1. The van der Waals surface area contributed by atoms with E-state index in [1.807, 2.05) is 18.2 Å². The van der Waals surface area contributed by atoms with Crippen LogP contribution in [0.25, 0.3) is 0 Å². The van der Waals surface area contributed by atoms with Gasteiger partial charge in [0, 0.05) is 14.9 Å². The molecule has 0 amide bonds. The number of benzene rings is 1. The summed E-state index contributed by atoms with van der Waals surface area (Å²) < 4.78 is 0. The second kappa shape index (κ2) is 6.58. The normalized spacial score (nSPS) is 31.6. The molecule has 3 rings (SSSR count). The lowest BCUT2D eigenvalue weighted by molar-refractivity contribution is 0.129. The van der Waals surface area contributed by atoms with E-state index >= 15 is 0 Å². The highest BCUT2D eigenvalue weighted by atomic mass is 79.9. The monoisotopic (exact) mass is 374 g/mol. The number of hydrogen-bond acceptors (Lipinski definition) is 0. The van der Waals surface area contributed by atoms with E-state index in [-0.39, 0.29) is 0 Å². The van der Waals surface area contributed by atoms with Crippen LogP contribution in [0.2, 0.25) is 10.0 Å². The van der Waals surface area contributed by atoms with Gasteiger partial charge in [0.15, 0.2) is 0 Å².